The van der Waals surface area contributed by atoms with Crippen LogP contribution >= 0.6 is 0 Å². The highest BCUT2D eigenvalue weighted by Crippen LogP contribution is 2.46. The molecule has 0 saturated carbocycles. The molecule has 16 aromatic rings. The summed E-state index contributed by atoms with van der Waals surface area (Å²) in [5, 5.41) is 15.8. The minimum absolute atomic E-state index is 0.306. The third-order valence-electron chi connectivity index (χ3n) is 17.1. The second-order valence-electron chi connectivity index (χ2n) is 22.3. The third kappa shape index (κ3) is 9.26. The van der Waals surface area contributed by atoms with E-state index in [2.05, 4.69) is 161 Å². The van der Waals surface area contributed by atoms with Gasteiger partial charge < -0.3 is 9.13 Å². The molecule has 0 N–H and O–H groups in total. The minimum atomic E-state index is -0.725. The molecule has 6 aromatic heterocycles. The van der Waals surface area contributed by atoms with Gasteiger partial charge in [0, 0.05) is 96.9 Å². The molecule has 0 bridgehead atoms. The van der Waals surface area contributed by atoms with Crippen LogP contribution in [0.15, 0.2) is 298 Å². The topological polar surface area (TPSA) is 85.2 Å². The lowest BCUT2D eigenvalue weighted by Crippen LogP contribution is -2.05. The van der Waals surface area contributed by atoms with Gasteiger partial charge in [0.1, 0.15) is 23.3 Å². The second kappa shape index (κ2) is 22.2. The summed E-state index contributed by atoms with van der Waals surface area (Å²) in [6.45, 7) is 0. The molecule has 90 heavy (non-hydrogen) atoms. The van der Waals surface area contributed by atoms with E-state index in [1.807, 2.05) is 134 Å². The molecule has 0 radical (unpaired) electrons. The molecule has 10 aromatic carbocycles. The van der Waals surface area contributed by atoms with Gasteiger partial charge in [-0.2, -0.15) is 5.26 Å². The Labute approximate surface area is 517 Å². The van der Waals surface area contributed by atoms with Crippen LogP contribution in [0, 0.1) is 23.0 Å². The Kier molecular flexibility index (Phi) is 13.2. The summed E-state index contributed by atoms with van der Waals surface area (Å²) in [4.78, 5) is 19.7. The summed E-state index contributed by atoms with van der Waals surface area (Å²) >= 11 is 0. The minimum Gasteiger partial charge on any atom is -0.308 e. The number of halogens is 2. The van der Waals surface area contributed by atoms with E-state index < -0.39 is 11.6 Å². The molecular weight excluding hydrogens is 1110 g/mol. The standard InChI is InChI=1S/C81H49F2N7/c82-61-41-59(42-62(83)49-61)60-47-76(89-72-33-29-55(63-25-13-37-85-78(63)51-17-5-1-6-18-51)43-67(72)68-44-56(30-34-73(68)89)64-26-14-38-86-79(64)52-19-7-2-8-20-52)71(50-84)77(48-60)90-74-35-31-57(65-27-15-39-87-80(65)53-21-9-3-10-22-53)45-69(74)70-46-58(32-36-75(70)90)66-28-16-40-88-81(66)54-23-11-4-12-24-54/h1-49H. The van der Waals surface area contributed by atoms with E-state index in [1.165, 1.54) is 12.1 Å². The van der Waals surface area contributed by atoms with E-state index in [9.17, 15) is 5.26 Å². The number of hydrogen-bond acceptors (Lipinski definition) is 5. The van der Waals surface area contributed by atoms with Gasteiger partial charge in [-0.25, -0.2) is 8.78 Å². The smallest absolute Gasteiger partial charge is 0.126 e. The predicted octanol–water partition coefficient (Wildman–Crippen LogP) is 20.6. The number of pyridine rings is 4. The van der Waals surface area contributed by atoms with Crippen LogP contribution in [0.25, 0.3) is 156 Å². The van der Waals surface area contributed by atoms with E-state index in [-0.39, 0.29) is 0 Å². The van der Waals surface area contributed by atoms with Crippen LogP contribution in [0.5, 0.6) is 0 Å². The fourth-order valence-corrected chi connectivity index (χ4v) is 13.1. The molecule has 0 spiro atoms. The van der Waals surface area contributed by atoms with Crippen molar-refractivity contribution in [1.29, 1.82) is 5.26 Å². The number of benzene rings is 10. The third-order valence-corrected chi connectivity index (χ3v) is 17.1. The number of hydrogen-bond donors (Lipinski definition) is 0. The molecule has 16 rings (SSSR count). The first-order valence-corrected chi connectivity index (χ1v) is 29.7. The summed E-state index contributed by atoms with van der Waals surface area (Å²) in [7, 11) is 0. The molecule has 0 aliphatic rings. The summed E-state index contributed by atoms with van der Waals surface area (Å²) in [5.74, 6) is -1.45. The van der Waals surface area contributed by atoms with Crippen molar-refractivity contribution in [1.82, 2.24) is 29.1 Å². The van der Waals surface area contributed by atoms with E-state index in [0.29, 0.717) is 28.1 Å². The number of nitrogens with zero attached hydrogens (tertiary/aromatic N) is 7. The van der Waals surface area contributed by atoms with Gasteiger partial charge in [0.2, 0.25) is 0 Å². The SMILES string of the molecule is N#Cc1c(-n2c3ccc(-c4cccnc4-c4ccccc4)cc3c3cc(-c4cccnc4-c4ccccc4)ccc32)cc(-c2cc(F)cc(F)c2)cc1-n1c2ccc(-c3cccnc3-c3ccccc3)cc2c2cc(-c3cccnc3-c3ccccc3)ccc21. The molecule has 6 heterocycles. The molecule has 7 nitrogen and oxygen atoms in total. The number of nitriles is 1. The Morgan fingerprint density at radius 1 is 0.267 bits per heavy atom. The van der Waals surface area contributed by atoms with Crippen LogP contribution in [0.2, 0.25) is 0 Å². The van der Waals surface area contributed by atoms with Crippen LogP contribution in [0.3, 0.4) is 0 Å². The molecule has 0 aliphatic carbocycles. The van der Waals surface area contributed by atoms with Crippen molar-refractivity contribution in [3.05, 3.63) is 315 Å². The number of fused-ring (bicyclic) bond motifs is 6. The Morgan fingerprint density at radius 3 is 0.822 bits per heavy atom. The highest BCUT2D eigenvalue weighted by molar-refractivity contribution is 6.14. The van der Waals surface area contributed by atoms with Crippen molar-refractivity contribution < 1.29 is 8.78 Å². The molecule has 0 aliphatic heterocycles. The van der Waals surface area contributed by atoms with E-state index in [0.717, 1.165) is 139 Å². The Morgan fingerprint density at radius 2 is 0.544 bits per heavy atom. The van der Waals surface area contributed by atoms with Crippen LogP contribution in [-0.4, -0.2) is 29.1 Å². The quantitative estimate of drug-likeness (QED) is 0.129. The molecular formula is C81H49F2N7. The molecule has 422 valence electrons. The molecule has 9 heteroatoms. The first-order chi connectivity index (χ1) is 44.4. The largest absolute Gasteiger partial charge is 0.308 e. The zero-order valence-electron chi connectivity index (χ0n) is 48.2. The van der Waals surface area contributed by atoms with Gasteiger partial charge in [-0.05, 0) is 130 Å². The summed E-state index contributed by atoms with van der Waals surface area (Å²) in [5.41, 5.74) is 20.3. The lowest BCUT2D eigenvalue weighted by Gasteiger charge is -2.19. The van der Waals surface area contributed by atoms with Crippen LogP contribution in [0.4, 0.5) is 8.78 Å². The maximum Gasteiger partial charge on any atom is 0.126 e. The predicted molar refractivity (Wildman–Crippen MR) is 360 cm³/mol. The van der Waals surface area contributed by atoms with Crippen LogP contribution in [-0.2, 0) is 0 Å². The summed E-state index contributed by atoms with van der Waals surface area (Å²) in [6, 6.07) is 92.7. The van der Waals surface area contributed by atoms with Gasteiger partial charge in [-0.3, -0.25) is 19.9 Å². The van der Waals surface area contributed by atoms with Crippen molar-refractivity contribution >= 4 is 43.6 Å². The van der Waals surface area contributed by atoms with Crippen molar-refractivity contribution in [2.24, 2.45) is 0 Å². The highest BCUT2D eigenvalue weighted by Gasteiger charge is 2.26. The first-order valence-electron chi connectivity index (χ1n) is 29.7. The molecule has 0 amide bonds. The first kappa shape index (κ1) is 53.2. The van der Waals surface area contributed by atoms with Crippen molar-refractivity contribution in [3.63, 3.8) is 0 Å². The fraction of sp³-hybridized carbons (Fsp3) is 0. The molecule has 0 unspecified atom stereocenters. The molecule has 0 atom stereocenters. The molecule has 0 saturated heterocycles. The maximum absolute atomic E-state index is 15.8. The normalized spacial score (nSPS) is 11.4. The van der Waals surface area contributed by atoms with E-state index >= 15 is 8.78 Å². The van der Waals surface area contributed by atoms with E-state index in [4.69, 9.17) is 19.9 Å². The average Bonchev–Trinajstić information content (AvgIpc) is 1.60. The Balaban J connectivity index is 0.987. The van der Waals surface area contributed by atoms with Gasteiger partial charge in [0.25, 0.3) is 0 Å². The monoisotopic (exact) mass is 1160 g/mol. The van der Waals surface area contributed by atoms with E-state index in [1.54, 1.807) is 0 Å². The molecule has 0 fully saturated rings. The van der Waals surface area contributed by atoms with Crippen molar-refractivity contribution in [2.45, 2.75) is 0 Å². The van der Waals surface area contributed by atoms with Crippen molar-refractivity contribution in [2.75, 3.05) is 0 Å². The maximum atomic E-state index is 15.8. The van der Waals surface area contributed by atoms with Crippen LogP contribution < -0.4 is 0 Å². The average molecular weight is 1160 g/mol. The second-order valence-corrected chi connectivity index (χ2v) is 22.3. The number of aromatic nitrogens is 6. The highest BCUT2D eigenvalue weighted by atomic mass is 19.1. The van der Waals surface area contributed by atoms with Gasteiger partial charge >= 0.3 is 0 Å². The Bertz CT molecular complexity index is 4910. The lowest BCUT2D eigenvalue weighted by molar-refractivity contribution is 0.584. The van der Waals surface area contributed by atoms with Crippen LogP contribution in [0.1, 0.15) is 5.56 Å². The van der Waals surface area contributed by atoms with Crippen molar-refractivity contribution in [3.8, 4) is 118 Å². The summed E-state index contributed by atoms with van der Waals surface area (Å²) < 4.78 is 35.8. The van der Waals surface area contributed by atoms with Gasteiger partial charge in [-0.1, -0.05) is 170 Å². The fourth-order valence-electron chi connectivity index (χ4n) is 13.1. The zero-order chi connectivity index (χ0) is 60.2. The lowest BCUT2D eigenvalue weighted by atomic mass is 9.96. The van der Waals surface area contributed by atoms with Gasteiger partial charge in [-0.15, -0.1) is 0 Å². The Hall–Kier alpha value is -12.3. The van der Waals surface area contributed by atoms with Gasteiger partial charge in [0.05, 0.1) is 56.2 Å². The van der Waals surface area contributed by atoms with Gasteiger partial charge in [0.15, 0.2) is 0 Å². The zero-order valence-corrected chi connectivity index (χ0v) is 48.2. The number of rotatable bonds is 11. The summed E-state index contributed by atoms with van der Waals surface area (Å²) in [6.07, 6.45) is 7.27.